The molecule has 2 aliphatic heterocycles. The molecule has 2 amide bonds. The molecule has 0 radical (unpaired) electrons. The Hall–Kier alpha value is -1.10. The maximum absolute atomic E-state index is 12.8. The van der Waals surface area contributed by atoms with Crippen molar-refractivity contribution in [3.8, 4) is 0 Å². The van der Waals surface area contributed by atoms with Gasteiger partial charge in [0.15, 0.2) is 0 Å². The minimum absolute atomic E-state index is 0.0209. The third-order valence-electron chi connectivity index (χ3n) is 6.42. The van der Waals surface area contributed by atoms with Crippen molar-refractivity contribution in [2.75, 3.05) is 19.6 Å². The number of carbonyl (C=O) groups excluding carboxylic acids is 2. The molecule has 3 atom stereocenters. The Morgan fingerprint density at radius 1 is 1.08 bits per heavy atom. The molecule has 2 N–H and O–H groups in total. The van der Waals surface area contributed by atoms with E-state index in [9.17, 15) is 9.59 Å². The van der Waals surface area contributed by atoms with Crippen molar-refractivity contribution in [1.82, 2.24) is 15.5 Å². The summed E-state index contributed by atoms with van der Waals surface area (Å²) in [6.07, 6.45) is 11.2. The predicted octanol–water partition coefficient (Wildman–Crippen LogP) is 2.45. The van der Waals surface area contributed by atoms with E-state index in [4.69, 9.17) is 0 Å². The molecule has 0 spiro atoms. The highest BCUT2D eigenvalue weighted by Crippen LogP contribution is 2.34. The van der Waals surface area contributed by atoms with E-state index in [0.29, 0.717) is 12.0 Å². The van der Waals surface area contributed by atoms with E-state index in [1.165, 1.54) is 38.5 Å². The third kappa shape index (κ3) is 4.75. The van der Waals surface area contributed by atoms with Crippen LogP contribution in [0.4, 0.5) is 0 Å². The minimum Gasteiger partial charge on any atom is -0.356 e. The van der Waals surface area contributed by atoms with Crippen molar-refractivity contribution >= 4 is 11.8 Å². The first kappa shape index (κ1) is 18.7. The first-order chi connectivity index (χ1) is 12.2. The molecule has 3 fully saturated rings. The molecular weight excluding hydrogens is 314 g/mol. The molecule has 3 rings (SSSR count). The van der Waals surface area contributed by atoms with Crippen LogP contribution >= 0.6 is 0 Å². The lowest BCUT2D eigenvalue weighted by molar-refractivity contribution is -0.137. The van der Waals surface area contributed by atoms with E-state index in [-0.39, 0.29) is 23.8 Å². The average Bonchev–Trinajstić information content (AvgIpc) is 3.09. The fourth-order valence-electron chi connectivity index (χ4n) is 4.82. The van der Waals surface area contributed by atoms with Gasteiger partial charge < -0.3 is 15.5 Å². The second kappa shape index (κ2) is 9.02. The molecule has 3 aliphatic rings. The Morgan fingerprint density at radius 2 is 1.84 bits per heavy atom. The molecular formula is C20H35N3O2. The van der Waals surface area contributed by atoms with Gasteiger partial charge in [0.25, 0.3) is 0 Å². The van der Waals surface area contributed by atoms with Crippen LogP contribution in [0.1, 0.15) is 71.1 Å². The van der Waals surface area contributed by atoms with E-state index in [0.717, 1.165) is 45.3 Å². The third-order valence-corrected chi connectivity index (χ3v) is 6.42. The Bertz CT molecular complexity index is 446. The van der Waals surface area contributed by atoms with Gasteiger partial charge in [-0.05, 0) is 44.4 Å². The SMILES string of the molecule is CCCCCNC(=O)C1CCN(C(=O)C2CC3CCCCC3N2)CC1. The summed E-state index contributed by atoms with van der Waals surface area (Å²) in [4.78, 5) is 27.1. The zero-order chi connectivity index (χ0) is 17.6. The quantitative estimate of drug-likeness (QED) is 0.724. The van der Waals surface area contributed by atoms with Crippen LogP contribution < -0.4 is 10.6 Å². The number of hydrogen-bond donors (Lipinski definition) is 2. The molecule has 5 heteroatoms. The van der Waals surface area contributed by atoms with Crippen LogP contribution in [0.15, 0.2) is 0 Å². The van der Waals surface area contributed by atoms with Crippen molar-refractivity contribution in [3.05, 3.63) is 0 Å². The van der Waals surface area contributed by atoms with Crippen LogP contribution in [0.2, 0.25) is 0 Å². The summed E-state index contributed by atoms with van der Waals surface area (Å²) in [6, 6.07) is 0.585. The summed E-state index contributed by atoms with van der Waals surface area (Å²) in [5.74, 6) is 1.25. The van der Waals surface area contributed by atoms with Crippen LogP contribution in [-0.4, -0.2) is 48.4 Å². The number of likely N-dealkylation sites (tertiary alicyclic amines) is 1. The number of rotatable bonds is 6. The predicted molar refractivity (Wildman–Crippen MR) is 99.1 cm³/mol. The average molecular weight is 350 g/mol. The van der Waals surface area contributed by atoms with E-state index in [2.05, 4.69) is 17.6 Å². The van der Waals surface area contributed by atoms with E-state index in [1.54, 1.807) is 0 Å². The minimum atomic E-state index is 0.0209. The van der Waals surface area contributed by atoms with Crippen LogP contribution in [0, 0.1) is 11.8 Å². The molecule has 3 unspecified atom stereocenters. The van der Waals surface area contributed by atoms with Gasteiger partial charge in [0.1, 0.15) is 0 Å². The highest BCUT2D eigenvalue weighted by molar-refractivity contribution is 5.83. The maximum atomic E-state index is 12.8. The summed E-state index contributed by atoms with van der Waals surface area (Å²) in [7, 11) is 0. The Labute approximate surface area is 152 Å². The molecule has 1 saturated carbocycles. The highest BCUT2D eigenvalue weighted by Gasteiger charge is 2.40. The van der Waals surface area contributed by atoms with Gasteiger partial charge in [-0.1, -0.05) is 32.6 Å². The lowest BCUT2D eigenvalue weighted by atomic mass is 9.85. The fraction of sp³-hybridized carbons (Fsp3) is 0.900. The number of fused-ring (bicyclic) bond motifs is 1. The van der Waals surface area contributed by atoms with Crippen LogP contribution in [0.25, 0.3) is 0 Å². The summed E-state index contributed by atoms with van der Waals surface area (Å²) < 4.78 is 0. The first-order valence-corrected chi connectivity index (χ1v) is 10.5. The molecule has 25 heavy (non-hydrogen) atoms. The van der Waals surface area contributed by atoms with E-state index < -0.39 is 0 Å². The number of piperidine rings is 1. The number of unbranched alkanes of at least 4 members (excludes halogenated alkanes) is 2. The molecule has 0 aromatic heterocycles. The normalized spacial score (nSPS) is 30.1. The van der Waals surface area contributed by atoms with Gasteiger partial charge in [0.05, 0.1) is 6.04 Å². The Morgan fingerprint density at radius 3 is 2.56 bits per heavy atom. The monoisotopic (exact) mass is 349 g/mol. The molecule has 2 saturated heterocycles. The zero-order valence-electron chi connectivity index (χ0n) is 15.8. The van der Waals surface area contributed by atoms with Crippen LogP contribution in [0.5, 0.6) is 0 Å². The molecule has 2 heterocycles. The zero-order valence-corrected chi connectivity index (χ0v) is 15.8. The van der Waals surface area contributed by atoms with E-state index in [1.807, 2.05) is 4.90 Å². The molecule has 0 bridgehead atoms. The largest absolute Gasteiger partial charge is 0.356 e. The molecule has 0 aromatic carbocycles. The summed E-state index contributed by atoms with van der Waals surface area (Å²) >= 11 is 0. The lowest BCUT2D eigenvalue weighted by Gasteiger charge is -2.33. The maximum Gasteiger partial charge on any atom is 0.239 e. The smallest absolute Gasteiger partial charge is 0.239 e. The fourth-order valence-corrected chi connectivity index (χ4v) is 4.82. The number of amides is 2. The first-order valence-electron chi connectivity index (χ1n) is 10.5. The second-order valence-corrected chi connectivity index (χ2v) is 8.20. The van der Waals surface area contributed by atoms with Crippen molar-refractivity contribution in [2.24, 2.45) is 11.8 Å². The Balaban J connectivity index is 1.40. The van der Waals surface area contributed by atoms with Crippen LogP contribution in [0.3, 0.4) is 0 Å². The van der Waals surface area contributed by atoms with Gasteiger partial charge >= 0.3 is 0 Å². The number of nitrogens with one attached hydrogen (secondary N) is 2. The van der Waals surface area contributed by atoms with Gasteiger partial charge in [-0.25, -0.2) is 0 Å². The molecule has 0 aromatic rings. The van der Waals surface area contributed by atoms with Crippen molar-refractivity contribution in [1.29, 1.82) is 0 Å². The van der Waals surface area contributed by atoms with Gasteiger partial charge in [0.2, 0.25) is 11.8 Å². The number of hydrogen-bond acceptors (Lipinski definition) is 3. The molecule has 1 aliphatic carbocycles. The molecule has 142 valence electrons. The summed E-state index contributed by atoms with van der Waals surface area (Å²) in [5.41, 5.74) is 0. The van der Waals surface area contributed by atoms with Gasteiger partial charge in [-0.2, -0.15) is 0 Å². The topological polar surface area (TPSA) is 61.4 Å². The van der Waals surface area contributed by atoms with Crippen molar-refractivity contribution in [2.45, 2.75) is 83.2 Å². The summed E-state index contributed by atoms with van der Waals surface area (Å²) in [6.45, 7) is 4.43. The van der Waals surface area contributed by atoms with Crippen LogP contribution in [-0.2, 0) is 9.59 Å². The van der Waals surface area contributed by atoms with Crippen molar-refractivity contribution in [3.63, 3.8) is 0 Å². The second-order valence-electron chi connectivity index (χ2n) is 8.20. The van der Waals surface area contributed by atoms with Gasteiger partial charge in [-0.3, -0.25) is 9.59 Å². The van der Waals surface area contributed by atoms with Gasteiger partial charge in [-0.15, -0.1) is 0 Å². The summed E-state index contributed by atoms with van der Waals surface area (Å²) in [5, 5.41) is 6.66. The standard InChI is InChI=1S/C20H35N3O2/c1-2-3-6-11-21-19(24)15-9-12-23(13-10-15)20(25)18-14-16-7-4-5-8-17(16)22-18/h15-18,22H,2-14H2,1H3,(H,21,24). The van der Waals surface area contributed by atoms with E-state index >= 15 is 0 Å². The number of carbonyl (C=O) groups is 2. The van der Waals surface area contributed by atoms with Crippen molar-refractivity contribution < 1.29 is 9.59 Å². The lowest BCUT2D eigenvalue weighted by Crippen LogP contribution is -2.49. The Kier molecular flexibility index (Phi) is 6.74. The van der Waals surface area contributed by atoms with Gasteiger partial charge in [0, 0.05) is 31.6 Å². The highest BCUT2D eigenvalue weighted by atomic mass is 16.2. The molecule has 5 nitrogen and oxygen atoms in total. The number of nitrogens with zero attached hydrogens (tertiary/aromatic N) is 1.